The van der Waals surface area contributed by atoms with Crippen molar-refractivity contribution in [2.45, 2.75) is 50.7 Å². The molecule has 0 spiro atoms. The van der Waals surface area contributed by atoms with E-state index in [0.29, 0.717) is 25.8 Å². The Morgan fingerprint density at radius 1 is 1.00 bits per heavy atom. The maximum Gasteiger partial charge on any atom is 0.310 e. The first-order valence-corrected chi connectivity index (χ1v) is 13.7. The van der Waals surface area contributed by atoms with Gasteiger partial charge >= 0.3 is 5.97 Å². The number of carbonyl (C=O) groups excluding carboxylic acids is 3. The van der Waals surface area contributed by atoms with Crippen LogP contribution in [0.1, 0.15) is 49.3 Å². The van der Waals surface area contributed by atoms with Crippen molar-refractivity contribution >= 4 is 17.8 Å². The molecule has 7 nitrogen and oxygen atoms in total. The van der Waals surface area contributed by atoms with E-state index in [1.165, 1.54) is 0 Å². The quantitative estimate of drug-likeness (QED) is 0.262. The Balaban J connectivity index is 1.68. The van der Waals surface area contributed by atoms with Gasteiger partial charge in [-0.1, -0.05) is 72.8 Å². The van der Waals surface area contributed by atoms with Crippen molar-refractivity contribution in [2.24, 2.45) is 11.8 Å². The Kier molecular flexibility index (Phi) is 12.0. The summed E-state index contributed by atoms with van der Waals surface area (Å²) in [6.07, 6.45) is 5.62. The van der Waals surface area contributed by atoms with E-state index < -0.39 is 17.9 Å². The first-order valence-electron chi connectivity index (χ1n) is 13.7. The van der Waals surface area contributed by atoms with Gasteiger partial charge in [-0.3, -0.25) is 14.4 Å². The lowest BCUT2D eigenvalue weighted by Gasteiger charge is -2.26. The zero-order valence-corrected chi connectivity index (χ0v) is 22.5. The summed E-state index contributed by atoms with van der Waals surface area (Å²) < 4.78 is 5.98. The van der Waals surface area contributed by atoms with Crippen LogP contribution in [0.5, 0.6) is 0 Å². The van der Waals surface area contributed by atoms with Gasteiger partial charge in [0.1, 0.15) is 6.10 Å². The monoisotopic (exact) mass is 532 g/mol. The third-order valence-corrected chi connectivity index (χ3v) is 7.15. The van der Waals surface area contributed by atoms with E-state index in [-0.39, 0.29) is 43.4 Å². The van der Waals surface area contributed by atoms with Crippen LogP contribution in [0.25, 0.3) is 0 Å². The van der Waals surface area contributed by atoms with E-state index >= 15 is 0 Å². The Morgan fingerprint density at radius 2 is 1.64 bits per heavy atom. The van der Waals surface area contributed by atoms with Gasteiger partial charge in [0.15, 0.2) is 0 Å². The van der Waals surface area contributed by atoms with Crippen molar-refractivity contribution in [3.8, 4) is 0 Å². The average Bonchev–Trinajstić information content (AvgIpc) is 3.45. The summed E-state index contributed by atoms with van der Waals surface area (Å²) >= 11 is 0. The second kappa shape index (κ2) is 15.6. The number of rotatable bonds is 15. The highest BCUT2D eigenvalue weighted by atomic mass is 16.5. The second-order valence-electron chi connectivity index (χ2n) is 9.98. The van der Waals surface area contributed by atoms with Crippen LogP contribution in [0.3, 0.4) is 0 Å². The highest BCUT2D eigenvalue weighted by molar-refractivity contribution is 5.86. The molecule has 0 radical (unpaired) electrons. The van der Waals surface area contributed by atoms with Crippen LogP contribution in [0.2, 0.25) is 0 Å². The number of allylic oxidation sites excluding steroid dienone is 2. The molecule has 39 heavy (non-hydrogen) atoms. The molecule has 1 aliphatic heterocycles. The highest BCUT2D eigenvalue weighted by Crippen LogP contribution is 2.24. The maximum atomic E-state index is 13.3. The molecular formula is C32H40N2O5. The van der Waals surface area contributed by atoms with E-state index in [1.54, 1.807) is 17.1 Å². The van der Waals surface area contributed by atoms with Crippen LogP contribution in [0.15, 0.2) is 86.0 Å². The number of benzene rings is 2. The van der Waals surface area contributed by atoms with E-state index in [0.717, 1.165) is 24.0 Å². The number of hydrogen-bond acceptors (Lipinski definition) is 5. The fourth-order valence-electron chi connectivity index (χ4n) is 5.00. The minimum absolute atomic E-state index is 0.0304. The van der Waals surface area contributed by atoms with Crippen LogP contribution in [-0.4, -0.2) is 53.5 Å². The standard InChI is InChI=1S/C32H40N2O5/c1-3-12-26(21-30(36)34-19-11-18-28(34)23-35)31(37)33-22-29(25-16-9-6-10-17-25)39-32(38)27(13-4-2)20-24-14-7-5-8-15-24/h3-10,14-17,26-29,35H,1-2,11-13,18-23H2,(H,33,37)/t26-,27-,28-,29+/m0/s1. The van der Waals surface area contributed by atoms with Crippen molar-refractivity contribution in [1.82, 2.24) is 10.2 Å². The molecule has 2 amide bonds. The van der Waals surface area contributed by atoms with E-state index in [2.05, 4.69) is 18.5 Å². The van der Waals surface area contributed by atoms with Gasteiger partial charge in [0.05, 0.1) is 31.0 Å². The lowest BCUT2D eigenvalue weighted by Crippen LogP contribution is -2.41. The Morgan fingerprint density at radius 3 is 2.28 bits per heavy atom. The van der Waals surface area contributed by atoms with E-state index in [4.69, 9.17) is 4.74 Å². The molecule has 3 rings (SSSR count). The zero-order valence-electron chi connectivity index (χ0n) is 22.5. The van der Waals surface area contributed by atoms with Crippen LogP contribution < -0.4 is 5.32 Å². The second-order valence-corrected chi connectivity index (χ2v) is 9.98. The molecule has 4 atom stereocenters. The summed E-state index contributed by atoms with van der Waals surface area (Å²) in [5.41, 5.74) is 1.80. The number of aliphatic hydroxyl groups is 1. The number of aliphatic hydroxyl groups excluding tert-OH is 1. The van der Waals surface area contributed by atoms with Crippen molar-refractivity contribution in [1.29, 1.82) is 0 Å². The lowest BCUT2D eigenvalue weighted by molar-refractivity contribution is -0.154. The summed E-state index contributed by atoms with van der Waals surface area (Å²) in [5.74, 6) is -1.81. The molecular weight excluding hydrogens is 492 g/mol. The number of nitrogens with zero attached hydrogens (tertiary/aromatic N) is 1. The van der Waals surface area contributed by atoms with Crippen molar-refractivity contribution < 1.29 is 24.2 Å². The van der Waals surface area contributed by atoms with Crippen molar-refractivity contribution in [3.63, 3.8) is 0 Å². The summed E-state index contributed by atoms with van der Waals surface area (Å²) in [7, 11) is 0. The number of esters is 1. The van der Waals surface area contributed by atoms with Crippen LogP contribution >= 0.6 is 0 Å². The molecule has 0 bridgehead atoms. The third-order valence-electron chi connectivity index (χ3n) is 7.15. The molecule has 0 aromatic heterocycles. The molecule has 7 heteroatoms. The predicted molar refractivity (Wildman–Crippen MR) is 151 cm³/mol. The minimum atomic E-state index is -0.692. The predicted octanol–water partition coefficient (Wildman–Crippen LogP) is 4.39. The smallest absolute Gasteiger partial charge is 0.310 e. The minimum Gasteiger partial charge on any atom is -0.455 e. The number of amides is 2. The zero-order chi connectivity index (χ0) is 28.0. The molecule has 2 aromatic carbocycles. The van der Waals surface area contributed by atoms with Crippen molar-refractivity contribution in [3.05, 3.63) is 97.1 Å². The lowest BCUT2D eigenvalue weighted by atomic mass is 9.96. The van der Waals surface area contributed by atoms with Gasteiger partial charge in [0.25, 0.3) is 0 Å². The largest absolute Gasteiger partial charge is 0.455 e. The van der Waals surface area contributed by atoms with Gasteiger partial charge in [-0.15, -0.1) is 13.2 Å². The Hall–Kier alpha value is -3.71. The average molecular weight is 533 g/mol. The molecule has 1 aliphatic rings. The maximum absolute atomic E-state index is 13.3. The third kappa shape index (κ3) is 8.93. The molecule has 0 aliphatic carbocycles. The Bertz CT molecular complexity index is 1090. The summed E-state index contributed by atoms with van der Waals surface area (Å²) in [4.78, 5) is 41.1. The summed E-state index contributed by atoms with van der Waals surface area (Å²) in [6.45, 7) is 8.14. The number of carbonyl (C=O) groups is 3. The topological polar surface area (TPSA) is 95.9 Å². The van der Waals surface area contributed by atoms with Crippen molar-refractivity contribution in [2.75, 3.05) is 19.7 Å². The number of ether oxygens (including phenoxy) is 1. The molecule has 208 valence electrons. The molecule has 1 fully saturated rings. The van der Waals surface area contributed by atoms with Crippen LogP contribution in [-0.2, 0) is 25.5 Å². The number of likely N-dealkylation sites (tertiary alicyclic amines) is 1. The fourth-order valence-corrected chi connectivity index (χ4v) is 5.00. The van der Waals surface area contributed by atoms with Gasteiger partial charge in [-0.2, -0.15) is 0 Å². The normalized spacial score (nSPS) is 17.1. The fraction of sp³-hybridized carbons (Fsp3) is 0.406. The van der Waals surface area contributed by atoms with Gasteiger partial charge in [-0.25, -0.2) is 0 Å². The SMILES string of the molecule is C=CC[C@@H](CC(=O)N1CCC[C@H]1CO)C(=O)NC[C@@H](OC(=O)[C@@H](CC=C)Cc1ccccc1)c1ccccc1. The molecule has 0 unspecified atom stereocenters. The van der Waals surface area contributed by atoms with Crippen LogP contribution in [0.4, 0.5) is 0 Å². The van der Waals surface area contributed by atoms with Gasteiger partial charge in [0, 0.05) is 13.0 Å². The molecule has 1 heterocycles. The van der Waals surface area contributed by atoms with Crippen LogP contribution in [0, 0.1) is 11.8 Å². The first-order chi connectivity index (χ1) is 19.0. The molecule has 0 saturated carbocycles. The highest BCUT2D eigenvalue weighted by Gasteiger charge is 2.31. The molecule has 1 saturated heterocycles. The number of hydrogen-bond donors (Lipinski definition) is 2. The van der Waals surface area contributed by atoms with E-state index in [1.807, 2.05) is 60.7 Å². The van der Waals surface area contributed by atoms with E-state index in [9.17, 15) is 19.5 Å². The summed E-state index contributed by atoms with van der Waals surface area (Å²) in [6, 6.07) is 18.9. The number of nitrogens with one attached hydrogen (secondary N) is 1. The summed E-state index contributed by atoms with van der Waals surface area (Å²) in [5, 5.41) is 12.5. The first kappa shape index (κ1) is 29.8. The molecule has 2 N–H and O–H groups in total. The van der Waals surface area contributed by atoms with Gasteiger partial charge in [0.2, 0.25) is 11.8 Å². The Labute approximate surface area is 231 Å². The van der Waals surface area contributed by atoms with Gasteiger partial charge < -0.3 is 20.1 Å². The molecule has 2 aromatic rings. The van der Waals surface area contributed by atoms with Gasteiger partial charge in [-0.05, 0) is 43.2 Å².